The second-order valence-electron chi connectivity index (χ2n) is 6.60. The first kappa shape index (κ1) is 18.1. The maximum Gasteiger partial charge on any atom is 0.255 e. The Morgan fingerprint density at radius 2 is 1.77 bits per heavy atom. The third-order valence-corrected chi connectivity index (χ3v) is 6.22. The zero-order valence-corrected chi connectivity index (χ0v) is 15.6. The zero-order chi connectivity index (χ0) is 19.1. The Hall–Kier alpha value is -2.67. The lowest BCUT2D eigenvalue weighted by Gasteiger charge is -2.15. The molecule has 2 aromatic rings. The molecule has 1 N–H and O–H groups in total. The summed E-state index contributed by atoms with van der Waals surface area (Å²) in [7, 11) is -3.65. The molecule has 1 fully saturated rings. The average Bonchev–Trinajstić information content (AvgIpc) is 2.77. The number of hydrogen-bond donors (Lipinski definition) is 1. The summed E-state index contributed by atoms with van der Waals surface area (Å²) in [6, 6.07) is 11.7. The molecule has 0 saturated carbocycles. The predicted molar refractivity (Wildman–Crippen MR) is 101 cm³/mol. The maximum atomic E-state index is 12.4. The van der Waals surface area contributed by atoms with Crippen molar-refractivity contribution in [1.82, 2.24) is 0 Å². The number of carbonyl (C=O) groups is 2. The van der Waals surface area contributed by atoms with Gasteiger partial charge in [0.1, 0.15) is 0 Å². The number of nitrogens with one attached hydrogen (secondary N) is 1. The third-order valence-electron chi connectivity index (χ3n) is 4.35. The molecule has 0 radical (unpaired) electrons. The van der Waals surface area contributed by atoms with Crippen molar-refractivity contribution < 1.29 is 18.0 Å². The van der Waals surface area contributed by atoms with E-state index in [0.29, 0.717) is 5.56 Å². The Labute approximate surface area is 152 Å². The first-order valence-corrected chi connectivity index (χ1v) is 9.85. The van der Waals surface area contributed by atoms with Crippen LogP contribution in [0.3, 0.4) is 0 Å². The average molecular weight is 372 g/mol. The van der Waals surface area contributed by atoms with Gasteiger partial charge in [-0.25, -0.2) is 12.7 Å². The summed E-state index contributed by atoms with van der Waals surface area (Å²) in [4.78, 5) is 24.5. The van der Waals surface area contributed by atoms with Crippen LogP contribution in [0.4, 0.5) is 11.4 Å². The summed E-state index contributed by atoms with van der Waals surface area (Å²) in [5.41, 5.74) is 3.41. The van der Waals surface area contributed by atoms with Crippen LogP contribution in [0.25, 0.3) is 0 Å². The molecule has 1 unspecified atom stereocenters. The van der Waals surface area contributed by atoms with Crippen LogP contribution in [0.15, 0.2) is 42.5 Å². The largest absolute Gasteiger partial charge is 0.322 e. The van der Waals surface area contributed by atoms with E-state index in [0.717, 1.165) is 21.1 Å². The summed E-state index contributed by atoms with van der Waals surface area (Å²) in [6.45, 7) is 5.48. The van der Waals surface area contributed by atoms with Gasteiger partial charge < -0.3 is 5.32 Å². The van der Waals surface area contributed by atoms with Gasteiger partial charge >= 0.3 is 0 Å². The normalized spacial score (nSPS) is 18.8. The minimum absolute atomic E-state index is 0.194. The van der Waals surface area contributed by atoms with Gasteiger partial charge in [0.2, 0.25) is 15.9 Å². The summed E-state index contributed by atoms with van der Waals surface area (Å²) in [5.74, 6) is -1.50. The number of amides is 2. The van der Waals surface area contributed by atoms with Crippen LogP contribution in [0.1, 0.15) is 28.4 Å². The molecule has 2 amide bonds. The first-order valence-electron chi connectivity index (χ1n) is 8.24. The molecule has 0 aromatic heterocycles. The van der Waals surface area contributed by atoms with Crippen molar-refractivity contribution in [2.75, 3.05) is 15.4 Å². The van der Waals surface area contributed by atoms with E-state index < -0.39 is 21.8 Å². The summed E-state index contributed by atoms with van der Waals surface area (Å²) >= 11 is 0. The van der Waals surface area contributed by atoms with Crippen molar-refractivity contribution in [3.63, 3.8) is 0 Å². The number of sulfonamides is 1. The molecule has 1 atom stereocenters. The highest BCUT2D eigenvalue weighted by atomic mass is 32.2. The smallest absolute Gasteiger partial charge is 0.255 e. The molecule has 7 heteroatoms. The SMILES string of the molecule is Cc1ccc(NC(=O)c2ccc(N3C(=O)C(C)CS3(=O)=O)cc2)c(C)c1. The lowest BCUT2D eigenvalue weighted by atomic mass is 10.1. The Bertz CT molecular complexity index is 981. The molecule has 1 heterocycles. The molecular formula is C19H20N2O4S. The highest BCUT2D eigenvalue weighted by Crippen LogP contribution is 2.28. The molecule has 0 spiro atoms. The zero-order valence-electron chi connectivity index (χ0n) is 14.8. The van der Waals surface area contributed by atoms with Gasteiger partial charge in [0.25, 0.3) is 5.91 Å². The van der Waals surface area contributed by atoms with E-state index in [-0.39, 0.29) is 17.3 Å². The second kappa shape index (κ2) is 6.57. The van der Waals surface area contributed by atoms with Gasteiger partial charge in [-0.15, -0.1) is 0 Å². The second-order valence-corrected chi connectivity index (χ2v) is 8.46. The van der Waals surface area contributed by atoms with Crippen molar-refractivity contribution in [2.24, 2.45) is 5.92 Å². The van der Waals surface area contributed by atoms with Crippen molar-refractivity contribution in [3.05, 3.63) is 59.2 Å². The van der Waals surface area contributed by atoms with Crippen LogP contribution in [-0.2, 0) is 14.8 Å². The van der Waals surface area contributed by atoms with Gasteiger partial charge in [-0.1, -0.05) is 24.6 Å². The minimum atomic E-state index is -3.65. The highest BCUT2D eigenvalue weighted by Gasteiger charge is 2.41. The quantitative estimate of drug-likeness (QED) is 0.898. The van der Waals surface area contributed by atoms with Gasteiger partial charge in [-0.3, -0.25) is 9.59 Å². The van der Waals surface area contributed by atoms with Gasteiger partial charge in [-0.2, -0.15) is 0 Å². The fourth-order valence-corrected chi connectivity index (χ4v) is 4.80. The van der Waals surface area contributed by atoms with Crippen LogP contribution < -0.4 is 9.62 Å². The number of hydrogen-bond acceptors (Lipinski definition) is 4. The first-order chi connectivity index (χ1) is 12.2. The van der Waals surface area contributed by atoms with Crippen LogP contribution in [0, 0.1) is 19.8 Å². The number of nitrogens with zero attached hydrogens (tertiary/aromatic N) is 1. The van der Waals surface area contributed by atoms with Crippen LogP contribution in [0.5, 0.6) is 0 Å². The van der Waals surface area contributed by atoms with Crippen LogP contribution in [0.2, 0.25) is 0 Å². The number of aryl methyl sites for hydroxylation is 2. The molecule has 3 rings (SSSR count). The number of anilines is 2. The number of benzene rings is 2. The molecule has 1 saturated heterocycles. The number of rotatable bonds is 3. The summed E-state index contributed by atoms with van der Waals surface area (Å²) in [6.07, 6.45) is 0. The predicted octanol–water partition coefficient (Wildman–Crippen LogP) is 2.87. The highest BCUT2D eigenvalue weighted by molar-refractivity contribution is 7.94. The van der Waals surface area contributed by atoms with Gasteiger partial charge in [0, 0.05) is 11.3 Å². The number of carbonyl (C=O) groups excluding carboxylic acids is 2. The standard InChI is InChI=1S/C19H20N2O4S/c1-12-4-9-17(13(2)10-12)20-18(22)15-5-7-16(8-6-15)21-19(23)14(3)11-26(21,24)25/h4-10,14H,11H2,1-3H3,(H,20,22). The van der Waals surface area contributed by atoms with Gasteiger partial charge in [0.05, 0.1) is 17.4 Å². The lowest BCUT2D eigenvalue weighted by Crippen LogP contribution is -2.30. The molecule has 0 bridgehead atoms. The van der Waals surface area contributed by atoms with E-state index >= 15 is 0 Å². The molecule has 1 aliphatic heterocycles. The molecule has 6 nitrogen and oxygen atoms in total. The van der Waals surface area contributed by atoms with E-state index in [9.17, 15) is 18.0 Å². The van der Waals surface area contributed by atoms with Crippen molar-refractivity contribution >= 4 is 33.2 Å². The van der Waals surface area contributed by atoms with E-state index in [1.54, 1.807) is 6.92 Å². The molecule has 136 valence electrons. The maximum absolute atomic E-state index is 12.4. The van der Waals surface area contributed by atoms with E-state index in [1.807, 2.05) is 32.0 Å². The lowest BCUT2D eigenvalue weighted by molar-refractivity contribution is -0.119. The van der Waals surface area contributed by atoms with Crippen molar-refractivity contribution in [2.45, 2.75) is 20.8 Å². The van der Waals surface area contributed by atoms with Gasteiger partial charge in [0.15, 0.2) is 0 Å². The Morgan fingerprint density at radius 3 is 2.31 bits per heavy atom. The Kier molecular flexibility index (Phi) is 4.58. The topological polar surface area (TPSA) is 83.6 Å². The Balaban J connectivity index is 1.81. The fraction of sp³-hybridized carbons (Fsp3) is 0.263. The van der Waals surface area contributed by atoms with E-state index in [1.165, 1.54) is 24.3 Å². The van der Waals surface area contributed by atoms with E-state index in [2.05, 4.69) is 5.32 Å². The van der Waals surface area contributed by atoms with Gasteiger partial charge in [-0.05, 0) is 49.7 Å². The molecule has 1 aliphatic rings. The fourth-order valence-electron chi connectivity index (χ4n) is 2.98. The van der Waals surface area contributed by atoms with Crippen molar-refractivity contribution in [1.29, 1.82) is 0 Å². The molecule has 26 heavy (non-hydrogen) atoms. The monoisotopic (exact) mass is 372 g/mol. The van der Waals surface area contributed by atoms with Crippen LogP contribution >= 0.6 is 0 Å². The van der Waals surface area contributed by atoms with Crippen LogP contribution in [-0.4, -0.2) is 26.0 Å². The summed E-state index contributed by atoms with van der Waals surface area (Å²) in [5, 5.41) is 2.84. The molecule has 0 aliphatic carbocycles. The Morgan fingerprint density at radius 1 is 1.12 bits per heavy atom. The third kappa shape index (κ3) is 3.35. The molecule has 2 aromatic carbocycles. The molecular weight excluding hydrogens is 352 g/mol. The van der Waals surface area contributed by atoms with E-state index in [4.69, 9.17) is 0 Å². The summed E-state index contributed by atoms with van der Waals surface area (Å²) < 4.78 is 25.1. The minimum Gasteiger partial charge on any atom is -0.322 e. The van der Waals surface area contributed by atoms with Crippen molar-refractivity contribution in [3.8, 4) is 0 Å².